The van der Waals surface area contributed by atoms with Crippen molar-refractivity contribution in [2.45, 2.75) is 45.3 Å². The summed E-state index contributed by atoms with van der Waals surface area (Å²) in [6, 6.07) is 16.5. The van der Waals surface area contributed by atoms with E-state index in [1.165, 1.54) is 6.07 Å². The molecule has 0 atom stereocenters. The Hall–Kier alpha value is -3.65. The SMILES string of the molecule is CC(C)(C)c1ccc(-c2ccc(-c3nc4cc(CNCCC(=O)O)ccc4o3)cc2C(F)(F)F)cc1. The van der Waals surface area contributed by atoms with E-state index in [4.69, 9.17) is 9.52 Å². The van der Waals surface area contributed by atoms with Crippen LogP contribution in [0.5, 0.6) is 0 Å². The molecule has 0 unspecified atom stereocenters. The number of alkyl halides is 3. The predicted octanol–water partition coefficient (Wildman–Crippen LogP) is 7.04. The molecule has 5 nitrogen and oxygen atoms in total. The number of rotatable bonds is 7. The molecule has 0 spiro atoms. The Bertz CT molecular complexity index is 1380. The quantitative estimate of drug-likeness (QED) is 0.268. The molecule has 1 aromatic heterocycles. The minimum Gasteiger partial charge on any atom is -0.481 e. The number of nitrogens with one attached hydrogen (secondary N) is 1. The molecule has 8 heteroatoms. The fraction of sp³-hybridized carbons (Fsp3) is 0.286. The number of fused-ring (bicyclic) bond motifs is 1. The maximum absolute atomic E-state index is 14.1. The van der Waals surface area contributed by atoms with E-state index in [0.717, 1.165) is 17.2 Å². The summed E-state index contributed by atoms with van der Waals surface area (Å²) in [6.45, 7) is 6.92. The molecular formula is C28H27F3N2O3. The average Bonchev–Trinajstić information content (AvgIpc) is 3.24. The number of aliphatic carboxylic acids is 1. The lowest BCUT2D eigenvalue weighted by atomic mass is 9.86. The van der Waals surface area contributed by atoms with E-state index in [2.05, 4.69) is 31.1 Å². The molecule has 188 valence electrons. The van der Waals surface area contributed by atoms with Crippen molar-refractivity contribution in [1.29, 1.82) is 0 Å². The van der Waals surface area contributed by atoms with Crippen LogP contribution < -0.4 is 5.32 Å². The van der Waals surface area contributed by atoms with Gasteiger partial charge in [0, 0.05) is 18.7 Å². The van der Waals surface area contributed by atoms with Gasteiger partial charge in [-0.25, -0.2) is 4.98 Å². The summed E-state index contributed by atoms with van der Waals surface area (Å²) in [5.74, 6) is -0.786. The summed E-state index contributed by atoms with van der Waals surface area (Å²) < 4.78 is 47.9. The van der Waals surface area contributed by atoms with Gasteiger partial charge >= 0.3 is 12.1 Å². The fourth-order valence-electron chi connectivity index (χ4n) is 3.95. The maximum Gasteiger partial charge on any atom is 0.417 e. The second-order valence-corrected chi connectivity index (χ2v) is 9.73. The minimum absolute atomic E-state index is 0.00855. The molecule has 0 aliphatic carbocycles. The van der Waals surface area contributed by atoms with Crippen molar-refractivity contribution in [3.63, 3.8) is 0 Å². The van der Waals surface area contributed by atoms with E-state index in [0.29, 0.717) is 29.8 Å². The van der Waals surface area contributed by atoms with Crippen LogP contribution in [0.3, 0.4) is 0 Å². The Balaban J connectivity index is 1.64. The van der Waals surface area contributed by atoms with Gasteiger partial charge in [0.2, 0.25) is 5.89 Å². The van der Waals surface area contributed by atoms with E-state index in [-0.39, 0.29) is 28.9 Å². The first-order chi connectivity index (χ1) is 16.9. The highest BCUT2D eigenvalue weighted by atomic mass is 19.4. The Kier molecular flexibility index (Phi) is 6.91. The molecule has 4 aromatic rings. The second-order valence-electron chi connectivity index (χ2n) is 9.73. The van der Waals surface area contributed by atoms with Gasteiger partial charge in [0.15, 0.2) is 5.58 Å². The summed E-state index contributed by atoms with van der Waals surface area (Å²) in [4.78, 5) is 15.0. The third-order valence-corrected chi connectivity index (χ3v) is 5.93. The second kappa shape index (κ2) is 9.78. The molecule has 0 aliphatic rings. The Morgan fingerprint density at radius 2 is 1.67 bits per heavy atom. The molecule has 0 radical (unpaired) electrons. The fourth-order valence-corrected chi connectivity index (χ4v) is 3.95. The molecule has 2 N–H and O–H groups in total. The highest BCUT2D eigenvalue weighted by molar-refractivity contribution is 5.78. The highest BCUT2D eigenvalue weighted by Crippen LogP contribution is 2.40. The zero-order valence-corrected chi connectivity index (χ0v) is 20.2. The van der Waals surface area contributed by atoms with Crippen LogP contribution in [0.1, 0.15) is 43.9 Å². The maximum atomic E-state index is 14.1. The van der Waals surface area contributed by atoms with Crippen molar-refractivity contribution >= 4 is 17.1 Å². The molecule has 36 heavy (non-hydrogen) atoms. The molecule has 0 bridgehead atoms. The number of carboxylic acid groups (broad SMARTS) is 1. The summed E-state index contributed by atoms with van der Waals surface area (Å²) in [5, 5.41) is 11.8. The molecule has 0 fully saturated rings. The number of halogens is 3. The molecular weight excluding hydrogens is 469 g/mol. The van der Waals surface area contributed by atoms with Gasteiger partial charge in [0.1, 0.15) is 5.52 Å². The van der Waals surface area contributed by atoms with Crippen LogP contribution >= 0.6 is 0 Å². The van der Waals surface area contributed by atoms with E-state index < -0.39 is 17.7 Å². The number of hydrogen-bond acceptors (Lipinski definition) is 4. The molecule has 0 saturated carbocycles. The van der Waals surface area contributed by atoms with Crippen molar-refractivity contribution in [3.8, 4) is 22.6 Å². The number of aromatic nitrogens is 1. The van der Waals surface area contributed by atoms with Gasteiger partial charge in [0.05, 0.1) is 12.0 Å². The average molecular weight is 497 g/mol. The van der Waals surface area contributed by atoms with E-state index >= 15 is 0 Å². The van der Waals surface area contributed by atoms with E-state index in [1.807, 2.05) is 12.1 Å². The molecule has 0 amide bonds. The number of benzene rings is 3. The molecule has 4 rings (SSSR count). The zero-order chi connectivity index (χ0) is 26.1. The zero-order valence-electron chi connectivity index (χ0n) is 20.2. The third kappa shape index (κ3) is 5.76. The summed E-state index contributed by atoms with van der Waals surface area (Å²) in [5.41, 5.74) is 2.82. The Morgan fingerprint density at radius 3 is 2.31 bits per heavy atom. The summed E-state index contributed by atoms with van der Waals surface area (Å²) >= 11 is 0. The van der Waals surface area contributed by atoms with Crippen molar-refractivity contribution < 1.29 is 27.5 Å². The van der Waals surface area contributed by atoms with Crippen LogP contribution in [0.25, 0.3) is 33.7 Å². The van der Waals surface area contributed by atoms with Gasteiger partial charge in [-0.3, -0.25) is 4.79 Å². The first-order valence-corrected chi connectivity index (χ1v) is 11.6. The summed E-state index contributed by atoms with van der Waals surface area (Å²) in [7, 11) is 0. The van der Waals surface area contributed by atoms with Crippen LogP contribution in [-0.2, 0) is 22.9 Å². The normalized spacial score (nSPS) is 12.3. The largest absolute Gasteiger partial charge is 0.481 e. The number of hydrogen-bond donors (Lipinski definition) is 2. The van der Waals surface area contributed by atoms with Crippen LogP contribution in [0.15, 0.2) is 65.1 Å². The lowest BCUT2D eigenvalue weighted by molar-refractivity contribution is -0.137. The van der Waals surface area contributed by atoms with Gasteiger partial charge in [-0.15, -0.1) is 0 Å². The van der Waals surface area contributed by atoms with Crippen LogP contribution in [0, 0.1) is 0 Å². The van der Waals surface area contributed by atoms with Gasteiger partial charge in [-0.2, -0.15) is 13.2 Å². The number of nitrogens with zero attached hydrogens (tertiary/aromatic N) is 1. The topological polar surface area (TPSA) is 75.4 Å². The molecule has 0 aliphatic heterocycles. The molecule has 0 saturated heterocycles. The van der Waals surface area contributed by atoms with Crippen molar-refractivity contribution in [2.24, 2.45) is 0 Å². The summed E-state index contributed by atoms with van der Waals surface area (Å²) in [6.07, 6.45) is -4.55. The van der Waals surface area contributed by atoms with Gasteiger partial charge < -0.3 is 14.8 Å². The van der Waals surface area contributed by atoms with Crippen molar-refractivity contribution in [3.05, 3.63) is 77.4 Å². The van der Waals surface area contributed by atoms with Crippen LogP contribution in [0.2, 0.25) is 0 Å². The lowest BCUT2D eigenvalue weighted by Gasteiger charge is -2.20. The Labute approximate surface area is 207 Å². The third-order valence-electron chi connectivity index (χ3n) is 5.93. The van der Waals surface area contributed by atoms with Gasteiger partial charge in [-0.05, 0) is 51.9 Å². The smallest absolute Gasteiger partial charge is 0.417 e. The first kappa shape index (κ1) is 25.4. The van der Waals surface area contributed by atoms with Gasteiger partial charge in [0.25, 0.3) is 0 Å². The van der Waals surface area contributed by atoms with Crippen LogP contribution in [0.4, 0.5) is 13.2 Å². The standard InChI is InChI=1S/C28H27F3N2O3/c1-27(2,3)20-8-5-18(6-9-20)21-10-7-19(15-22(21)28(29,30)31)26-33-23-14-17(4-11-24(23)36-26)16-32-13-12-25(34)35/h4-11,14-15,32H,12-13,16H2,1-3H3,(H,34,35). The van der Waals surface area contributed by atoms with E-state index in [9.17, 15) is 18.0 Å². The van der Waals surface area contributed by atoms with Crippen molar-refractivity contribution in [1.82, 2.24) is 10.3 Å². The minimum atomic E-state index is -4.56. The number of oxazole rings is 1. The Morgan fingerprint density at radius 1 is 0.972 bits per heavy atom. The molecule has 1 heterocycles. The highest BCUT2D eigenvalue weighted by Gasteiger charge is 2.34. The van der Waals surface area contributed by atoms with E-state index in [1.54, 1.807) is 36.4 Å². The van der Waals surface area contributed by atoms with Crippen LogP contribution in [-0.4, -0.2) is 22.6 Å². The monoisotopic (exact) mass is 496 g/mol. The lowest BCUT2D eigenvalue weighted by Crippen LogP contribution is -2.17. The molecule has 3 aromatic carbocycles. The number of carboxylic acids is 1. The number of carbonyl (C=O) groups is 1. The first-order valence-electron chi connectivity index (χ1n) is 11.6. The predicted molar refractivity (Wildman–Crippen MR) is 133 cm³/mol. The van der Waals surface area contributed by atoms with Gasteiger partial charge in [-0.1, -0.05) is 57.2 Å². The van der Waals surface area contributed by atoms with Crippen molar-refractivity contribution in [2.75, 3.05) is 6.54 Å².